The number of aliphatic hydroxyl groups excluding tert-OH is 1. The van der Waals surface area contributed by atoms with Crippen LogP contribution >= 0.6 is 0 Å². The number of aliphatic carboxylic acids is 1. The molecule has 0 amide bonds. The molecular weight excluding hydrogens is 316 g/mol. The van der Waals surface area contributed by atoms with Gasteiger partial charge >= 0.3 is 5.97 Å². The van der Waals surface area contributed by atoms with E-state index in [9.17, 15) is 9.90 Å². The summed E-state index contributed by atoms with van der Waals surface area (Å²) in [6.07, 6.45) is 18.1. The molecule has 0 aromatic rings. The number of fused-ring (bicyclic) bond motifs is 2. The summed E-state index contributed by atoms with van der Waals surface area (Å²) in [5.74, 6) is 0.175. The lowest BCUT2D eigenvalue weighted by Crippen LogP contribution is -2.25. The zero-order valence-corrected chi connectivity index (χ0v) is 15.5. The Labute approximate surface area is 152 Å². The van der Waals surface area contributed by atoms with Crippen LogP contribution in [-0.2, 0) is 9.53 Å². The van der Waals surface area contributed by atoms with E-state index < -0.39 is 5.97 Å². The summed E-state index contributed by atoms with van der Waals surface area (Å²) in [7, 11) is 0. The molecule has 5 atom stereocenters. The number of ether oxygens (including phenoxy) is 1. The van der Waals surface area contributed by atoms with Gasteiger partial charge in [-0.2, -0.15) is 0 Å². The van der Waals surface area contributed by atoms with Gasteiger partial charge in [-0.15, -0.1) is 0 Å². The number of hydrogen-bond acceptors (Lipinski definition) is 3. The summed E-state index contributed by atoms with van der Waals surface area (Å²) in [5, 5.41) is 18.8. The van der Waals surface area contributed by atoms with E-state index in [0.717, 1.165) is 38.5 Å². The molecule has 2 fully saturated rings. The van der Waals surface area contributed by atoms with Crippen molar-refractivity contribution in [2.45, 2.75) is 89.4 Å². The largest absolute Gasteiger partial charge is 0.481 e. The van der Waals surface area contributed by atoms with E-state index >= 15 is 0 Å². The van der Waals surface area contributed by atoms with Crippen LogP contribution in [0.4, 0.5) is 0 Å². The van der Waals surface area contributed by atoms with Crippen molar-refractivity contribution in [3.05, 3.63) is 24.3 Å². The number of unbranched alkanes of at least 4 members (excludes halogenated alkanes) is 3. The fourth-order valence-corrected chi connectivity index (χ4v) is 4.09. The van der Waals surface area contributed by atoms with Gasteiger partial charge in [0.05, 0.1) is 18.3 Å². The van der Waals surface area contributed by atoms with Crippen LogP contribution in [0.3, 0.4) is 0 Å². The molecule has 142 valence electrons. The zero-order valence-electron chi connectivity index (χ0n) is 15.5. The second kappa shape index (κ2) is 10.8. The zero-order chi connectivity index (χ0) is 18.1. The van der Waals surface area contributed by atoms with Gasteiger partial charge in [0.15, 0.2) is 0 Å². The number of aliphatic hydroxyl groups is 1. The molecule has 1 unspecified atom stereocenters. The minimum atomic E-state index is -0.724. The fraction of sp³-hybridized carbons (Fsp3) is 0.762. The summed E-state index contributed by atoms with van der Waals surface area (Å²) >= 11 is 0. The number of carboxylic acid groups (broad SMARTS) is 1. The van der Waals surface area contributed by atoms with Crippen LogP contribution < -0.4 is 0 Å². The van der Waals surface area contributed by atoms with E-state index in [4.69, 9.17) is 9.84 Å². The molecule has 2 bridgehead atoms. The van der Waals surface area contributed by atoms with Gasteiger partial charge in [-0.05, 0) is 44.4 Å². The third-order valence-electron chi connectivity index (χ3n) is 5.48. The number of allylic oxidation sites excluding steroid dienone is 2. The molecule has 4 heteroatoms. The molecule has 0 saturated carbocycles. The van der Waals surface area contributed by atoms with Gasteiger partial charge in [0, 0.05) is 12.3 Å². The Bertz CT molecular complexity index is 457. The van der Waals surface area contributed by atoms with Crippen LogP contribution in [0.1, 0.15) is 71.1 Å². The van der Waals surface area contributed by atoms with Gasteiger partial charge in [-0.1, -0.05) is 50.5 Å². The third kappa shape index (κ3) is 6.59. The third-order valence-corrected chi connectivity index (χ3v) is 5.48. The molecule has 0 spiro atoms. The topological polar surface area (TPSA) is 66.8 Å². The molecule has 0 aliphatic carbocycles. The Kier molecular flexibility index (Phi) is 8.70. The SMILES string of the molecule is CCCCC[C@H](O)C=CC1[C@@H](CC=CCCCC(=O)O)[C@@H]2CC[C@H]1O2. The Morgan fingerprint density at radius 3 is 2.76 bits per heavy atom. The summed E-state index contributed by atoms with van der Waals surface area (Å²) in [6.45, 7) is 2.18. The highest BCUT2D eigenvalue weighted by Gasteiger charge is 2.46. The molecule has 4 nitrogen and oxygen atoms in total. The molecule has 0 aromatic carbocycles. The van der Waals surface area contributed by atoms with Gasteiger partial charge in [0.2, 0.25) is 0 Å². The molecule has 2 aliphatic rings. The number of carboxylic acids is 1. The molecule has 2 heterocycles. The number of rotatable bonds is 12. The standard InChI is InChI=1S/C21H34O4/c1-2-3-6-9-16(22)12-13-18-17(19-14-15-20(18)25-19)10-7-4-5-8-11-21(23)24/h4,7,12-13,16-20,22H,2-3,5-6,8-11,14-15H2,1H3,(H,23,24)/t16-,17+,18?,19-,20+/m0/s1. The van der Waals surface area contributed by atoms with Crippen molar-refractivity contribution in [2.75, 3.05) is 0 Å². The quantitative estimate of drug-likeness (QED) is 0.402. The van der Waals surface area contributed by atoms with Crippen LogP contribution in [0.2, 0.25) is 0 Å². The predicted octanol–water partition coefficient (Wildman–Crippen LogP) is 4.48. The fourth-order valence-electron chi connectivity index (χ4n) is 4.09. The van der Waals surface area contributed by atoms with E-state index in [1.807, 2.05) is 6.08 Å². The van der Waals surface area contributed by atoms with Crippen molar-refractivity contribution >= 4 is 5.97 Å². The monoisotopic (exact) mass is 350 g/mol. The van der Waals surface area contributed by atoms with Crippen molar-refractivity contribution < 1.29 is 19.7 Å². The maximum atomic E-state index is 10.5. The van der Waals surface area contributed by atoms with E-state index in [0.29, 0.717) is 30.5 Å². The van der Waals surface area contributed by atoms with Crippen LogP contribution in [-0.4, -0.2) is 34.5 Å². The smallest absolute Gasteiger partial charge is 0.303 e. The maximum absolute atomic E-state index is 10.5. The van der Waals surface area contributed by atoms with Crippen LogP contribution in [0, 0.1) is 11.8 Å². The van der Waals surface area contributed by atoms with Crippen molar-refractivity contribution in [1.82, 2.24) is 0 Å². The van der Waals surface area contributed by atoms with Crippen molar-refractivity contribution in [3.63, 3.8) is 0 Å². The lowest BCUT2D eigenvalue weighted by molar-refractivity contribution is -0.137. The second-order valence-electron chi connectivity index (χ2n) is 7.47. The summed E-state index contributed by atoms with van der Waals surface area (Å²) in [6, 6.07) is 0. The van der Waals surface area contributed by atoms with E-state index in [1.54, 1.807) is 0 Å². The van der Waals surface area contributed by atoms with E-state index in [-0.39, 0.29) is 12.5 Å². The van der Waals surface area contributed by atoms with Crippen molar-refractivity contribution in [3.8, 4) is 0 Å². The van der Waals surface area contributed by atoms with E-state index in [2.05, 4.69) is 25.2 Å². The summed E-state index contributed by atoms with van der Waals surface area (Å²) in [5.41, 5.74) is 0. The Morgan fingerprint density at radius 2 is 2.00 bits per heavy atom. The second-order valence-corrected chi connectivity index (χ2v) is 7.47. The van der Waals surface area contributed by atoms with Gasteiger partial charge in [-0.3, -0.25) is 4.79 Å². The Hall–Kier alpha value is -1.13. The molecule has 25 heavy (non-hydrogen) atoms. The molecular formula is C21H34O4. The summed E-state index contributed by atoms with van der Waals surface area (Å²) < 4.78 is 6.09. The minimum absolute atomic E-state index is 0.239. The highest BCUT2D eigenvalue weighted by Crippen LogP contribution is 2.45. The molecule has 0 radical (unpaired) electrons. The Balaban J connectivity index is 1.78. The molecule has 0 aromatic heterocycles. The van der Waals surface area contributed by atoms with Gasteiger partial charge in [0.1, 0.15) is 0 Å². The normalized spacial score (nSPS) is 29.8. The highest BCUT2D eigenvalue weighted by atomic mass is 16.5. The first-order valence-electron chi connectivity index (χ1n) is 10.0. The Morgan fingerprint density at radius 1 is 1.20 bits per heavy atom. The lowest BCUT2D eigenvalue weighted by atomic mass is 9.77. The average molecular weight is 350 g/mol. The number of carbonyl (C=O) groups is 1. The molecule has 2 aliphatic heterocycles. The van der Waals surface area contributed by atoms with Crippen LogP contribution in [0.25, 0.3) is 0 Å². The predicted molar refractivity (Wildman–Crippen MR) is 99.4 cm³/mol. The van der Waals surface area contributed by atoms with Crippen molar-refractivity contribution in [1.29, 1.82) is 0 Å². The minimum Gasteiger partial charge on any atom is -0.481 e. The highest BCUT2D eigenvalue weighted by molar-refractivity contribution is 5.66. The molecule has 2 saturated heterocycles. The molecule has 2 N–H and O–H groups in total. The van der Waals surface area contributed by atoms with Gasteiger partial charge in [0.25, 0.3) is 0 Å². The first kappa shape index (κ1) is 20.2. The first-order valence-corrected chi connectivity index (χ1v) is 10.0. The average Bonchev–Trinajstić information content (AvgIpc) is 3.17. The van der Waals surface area contributed by atoms with Gasteiger partial charge in [-0.25, -0.2) is 0 Å². The van der Waals surface area contributed by atoms with E-state index in [1.165, 1.54) is 12.8 Å². The first-order chi connectivity index (χ1) is 12.1. The van der Waals surface area contributed by atoms with Crippen molar-refractivity contribution in [2.24, 2.45) is 11.8 Å². The van der Waals surface area contributed by atoms with Crippen LogP contribution in [0.5, 0.6) is 0 Å². The van der Waals surface area contributed by atoms with Crippen LogP contribution in [0.15, 0.2) is 24.3 Å². The maximum Gasteiger partial charge on any atom is 0.303 e. The lowest BCUT2D eigenvalue weighted by Gasteiger charge is -2.25. The number of hydrogen-bond donors (Lipinski definition) is 2. The molecule has 2 rings (SSSR count). The van der Waals surface area contributed by atoms with Gasteiger partial charge < -0.3 is 14.9 Å². The summed E-state index contributed by atoms with van der Waals surface area (Å²) in [4.78, 5) is 10.5.